The Labute approximate surface area is 155 Å². The van der Waals surface area contributed by atoms with Crippen molar-refractivity contribution in [3.8, 4) is 5.75 Å². The van der Waals surface area contributed by atoms with Crippen molar-refractivity contribution in [3.05, 3.63) is 75.3 Å². The Morgan fingerprint density at radius 3 is 2.80 bits per heavy atom. The van der Waals surface area contributed by atoms with Crippen molar-refractivity contribution in [3.63, 3.8) is 0 Å². The van der Waals surface area contributed by atoms with Crippen LogP contribution in [0, 0.1) is 6.92 Å². The van der Waals surface area contributed by atoms with E-state index in [9.17, 15) is 4.79 Å². The molecule has 1 aromatic heterocycles. The largest absolute Gasteiger partial charge is 0.496 e. The summed E-state index contributed by atoms with van der Waals surface area (Å²) < 4.78 is 5.23. The zero-order valence-electron chi connectivity index (χ0n) is 13.9. The average Bonchev–Trinajstić information content (AvgIpc) is 2.94. The number of hydrogen-bond acceptors (Lipinski definition) is 4. The Kier molecular flexibility index (Phi) is 5.36. The van der Waals surface area contributed by atoms with Crippen LogP contribution in [0.3, 0.4) is 0 Å². The van der Waals surface area contributed by atoms with Crippen molar-refractivity contribution in [1.82, 2.24) is 4.98 Å². The summed E-state index contributed by atoms with van der Waals surface area (Å²) in [4.78, 5) is 18.0. The maximum absolute atomic E-state index is 12.5. The van der Waals surface area contributed by atoms with Gasteiger partial charge in [0.2, 0.25) is 0 Å². The predicted molar refractivity (Wildman–Crippen MR) is 102 cm³/mol. The second-order valence-corrected chi connectivity index (χ2v) is 7.01. The molecule has 0 aliphatic rings. The SMILES string of the molecule is COc1ccccc1C(=O)Nc1nc(C)c(Cc2cccc(Cl)c2)s1. The number of benzene rings is 2. The van der Waals surface area contributed by atoms with Crippen molar-refractivity contribution < 1.29 is 9.53 Å². The van der Waals surface area contributed by atoms with E-state index in [0.717, 1.165) is 22.6 Å². The zero-order chi connectivity index (χ0) is 17.8. The maximum atomic E-state index is 12.5. The van der Waals surface area contributed by atoms with Crippen LogP contribution >= 0.6 is 22.9 Å². The van der Waals surface area contributed by atoms with E-state index < -0.39 is 0 Å². The molecule has 0 aliphatic carbocycles. The smallest absolute Gasteiger partial charge is 0.261 e. The fourth-order valence-electron chi connectivity index (χ4n) is 2.47. The van der Waals surface area contributed by atoms with Gasteiger partial charge in [0.15, 0.2) is 5.13 Å². The Hall–Kier alpha value is -2.37. The molecule has 3 aromatic rings. The summed E-state index contributed by atoms with van der Waals surface area (Å²) in [6, 6.07) is 14.9. The second-order valence-electron chi connectivity index (χ2n) is 5.49. The highest BCUT2D eigenvalue weighted by molar-refractivity contribution is 7.15. The summed E-state index contributed by atoms with van der Waals surface area (Å²) in [5.74, 6) is 0.299. The van der Waals surface area contributed by atoms with Gasteiger partial charge < -0.3 is 4.74 Å². The summed E-state index contributed by atoms with van der Waals surface area (Å²) in [7, 11) is 1.54. The van der Waals surface area contributed by atoms with Crippen molar-refractivity contribution >= 4 is 34.0 Å². The number of aromatic nitrogens is 1. The van der Waals surface area contributed by atoms with Crippen LogP contribution < -0.4 is 10.1 Å². The lowest BCUT2D eigenvalue weighted by Crippen LogP contribution is -2.12. The number of nitrogens with zero attached hydrogens (tertiary/aromatic N) is 1. The summed E-state index contributed by atoms with van der Waals surface area (Å²) in [5, 5.41) is 4.14. The molecule has 2 aromatic carbocycles. The van der Waals surface area contributed by atoms with E-state index in [-0.39, 0.29) is 5.91 Å². The van der Waals surface area contributed by atoms with Gasteiger partial charge in [-0.25, -0.2) is 4.98 Å². The molecule has 4 nitrogen and oxygen atoms in total. The summed E-state index contributed by atoms with van der Waals surface area (Å²) in [5.41, 5.74) is 2.50. The van der Waals surface area contributed by atoms with E-state index in [1.807, 2.05) is 37.3 Å². The standard InChI is InChI=1S/C19H17ClN2O2S/c1-12-17(11-13-6-5-7-14(20)10-13)25-19(21-12)22-18(23)15-8-3-4-9-16(15)24-2/h3-10H,11H2,1-2H3,(H,21,22,23). The Bertz CT molecular complexity index is 908. The lowest BCUT2D eigenvalue weighted by atomic mass is 10.1. The molecule has 3 rings (SSSR count). The van der Waals surface area contributed by atoms with Gasteiger partial charge in [0.1, 0.15) is 5.75 Å². The number of thiazole rings is 1. The van der Waals surface area contributed by atoms with E-state index in [1.54, 1.807) is 25.3 Å². The van der Waals surface area contributed by atoms with Crippen LogP contribution in [0.15, 0.2) is 48.5 Å². The van der Waals surface area contributed by atoms with Crippen molar-refractivity contribution in [2.45, 2.75) is 13.3 Å². The van der Waals surface area contributed by atoms with Gasteiger partial charge in [0.05, 0.1) is 18.4 Å². The van der Waals surface area contributed by atoms with Crippen LogP contribution in [-0.4, -0.2) is 18.0 Å². The third-order valence-corrected chi connectivity index (χ3v) is 5.03. The number of amides is 1. The van der Waals surface area contributed by atoms with Crippen LogP contribution in [-0.2, 0) is 6.42 Å². The van der Waals surface area contributed by atoms with Gasteiger partial charge in [0.25, 0.3) is 5.91 Å². The van der Waals surface area contributed by atoms with Gasteiger partial charge in [0, 0.05) is 16.3 Å². The fourth-order valence-corrected chi connectivity index (χ4v) is 3.68. The number of nitrogens with one attached hydrogen (secondary N) is 1. The molecule has 0 unspecified atom stereocenters. The molecule has 0 saturated carbocycles. The third-order valence-electron chi connectivity index (χ3n) is 3.72. The molecule has 0 bridgehead atoms. The minimum Gasteiger partial charge on any atom is -0.496 e. The van der Waals surface area contributed by atoms with Gasteiger partial charge in [-0.05, 0) is 36.8 Å². The first-order chi connectivity index (χ1) is 12.1. The molecule has 0 atom stereocenters. The average molecular weight is 373 g/mol. The first-order valence-corrected chi connectivity index (χ1v) is 8.91. The van der Waals surface area contributed by atoms with Gasteiger partial charge in [-0.15, -0.1) is 11.3 Å². The number of ether oxygens (including phenoxy) is 1. The fraction of sp³-hybridized carbons (Fsp3) is 0.158. The quantitative estimate of drug-likeness (QED) is 0.688. The molecule has 0 saturated heterocycles. The Balaban J connectivity index is 1.77. The van der Waals surface area contributed by atoms with E-state index in [0.29, 0.717) is 21.5 Å². The lowest BCUT2D eigenvalue weighted by molar-refractivity contribution is 0.102. The monoisotopic (exact) mass is 372 g/mol. The van der Waals surface area contributed by atoms with Gasteiger partial charge in [-0.2, -0.15) is 0 Å². The Morgan fingerprint density at radius 2 is 2.04 bits per heavy atom. The number of rotatable bonds is 5. The number of halogens is 1. The highest BCUT2D eigenvalue weighted by atomic mass is 35.5. The van der Waals surface area contributed by atoms with E-state index in [4.69, 9.17) is 16.3 Å². The maximum Gasteiger partial charge on any atom is 0.261 e. The molecule has 0 radical (unpaired) electrons. The number of anilines is 1. The normalized spacial score (nSPS) is 10.5. The lowest BCUT2D eigenvalue weighted by Gasteiger charge is -2.06. The number of methoxy groups -OCH3 is 1. The van der Waals surface area contributed by atoms with Gasteiger partial charge >= 0.3 is 0 Å². The second kappa shape index (κ2) is 7.68. The topological polar surface area (TPSA) is 51.2 Å². The number of para-hydroxylation sites is 1. The van der Waals surface area contributed by atoms with Crippen molar-refractivity contribution in [2.75, 3.05) is 12.4 Å². The molecule has 1 heterocycles. The number of carbonyl (C=O) groups excluding carboxylic acids is 1. The van der Waals surface area contributed by atoms with E-state index >= 15 is 0 Å². The number of aryl methyl sites for hydroxylation is 1. The number of hydrogen-bond donors (Lipinski definition) is 1. The molecule has 0 fully saturated rings. The van der Waals surface area contributed by atoms with E-state index in [2.05, 4.69) is 10.3 Å². The first-order valence-electron chi connectivity index (χ1n) is 7.72. The van der Waals surface area contributed by atoms with Crippen LogP contribution in [0.25, 0.3) is 0 Å². The first kappa shape index (κ1) is 17.5. The molecule has 25 heavy (non-hydrogen) atoms. The van der Waals surface area contributed by atoms with Crippen LogP contribution in [0.5, 0.6) is 5.75 Å². The van der Waals surface area contributed by atoms with Crippen molar-refractivity contribution in [1.29, 1.82) is 0 Å². The van der Waals surface area contributed by atoms with Gasteiger partial charge in [-0.3, -0.25) is 10.1 Å². The zero-order valence-corrected chi connectivity index (χ0v) is 15.4. The minimum atomic E-state index is -0.236. The summed E-state index contributed by atoms with van der Waals surface area (Å²) >= 11 is 7.51. The molecule has 0 aliphatic heterocycles. The van der Waals surface area contributed by atoms with E-state index in [1.165, 1.54) is 11.3 Å². The van der Waals surface area contributed by atoms with Crippen LogP contribution in [0.4, 0.5) is 5.13 Å². The van der Waals surface area contributed by atoms with Crippen LogP contribution in [0.2, 0.25) is 5.02 Å². The molecular weight excluding hydrogens is 356 g/mol. The third kappa shape index (κ3) is 4.18. The molecule has 0 spiro atoms. The molecular formula is C19H17ClN2O2S. The molecule has 6 heteroatoms. The summed E-state index contributed by atoms with van der Waals surface area (Å²) in [6.07, 6.45) is 0.731. The Morgan fingerprint density at radius 1 is 1.24 bits per heavy atom. The molecule has 1 amide bonds. The highest BCUT2D eigenvalue weighted by Crippen LogP contribution is 2.27. The highest BCUT2D eigenvalue weighted by Gasteiger charge is 2.15. The van der Waals surface area contributed by atoms with Gasteiger partial charge in [-0.1, -0.05) is 35.9 Å². The van der Waals surface area contributed by atoms with Crippen molar-refractivity contribution in [2.24, 2.45) is 0 Å². The van der Waals surface area contributed by atoms with Crippen LogP contribution in [0.1, 0.15) is 26.5 Å². The number of carbonyl (C=O) groups is 1. The minimum absolute atomic E-state index is 0.236. The summed E-state index contributed by atoms with van der Waals surface area (Å²) in [6.45, 7) is 1.94. The predicted octanol–water partition coefficient (Wildman–Crippen LogP) is 4.96. The molecule has 1 N–H and O–H groups in total. The molecule has 128 valence electrons.